The second kappa shape index (κ2) is 5.47. The molecule has 0 aliphatic carbocycles. The summed E-state index contributed by atoms with van der Waals surface area (Å²) in [5.41, 5.74) is 0. The molecule has 1 rings (SSSR count). The second-order valence-electron chi connectivity index (χ2n) is 4.87. The van der Waals surface area contributed by atoms with E-state index in [-0.39, 0.29) is 17.3 Å². The van der Waals surface area contributed by atoms with Crippen LogP contribution in [-0.4, -0.2) is 43.6 Å². The molecule has 1 saturated heterocycles. The summed E-state index contributed by atoms with van der Waals surface area (Å²) in [4.78, 5) is 0. The lowest BCUT2D eigenvalue weighted by Crippen LogP contribution is -2.51. The fraction of sp³-hybridized carbons (Fsp3) is 1.00. The number of hydrogen-bond donors (Lipinski definition) is 1. The van der Waals surface area contributed by atoms with Crippen LogP contribution < -0.4 is 5.32 Å². The molecule has 5 heteroatoms. The van der Waals surface area contributed by atoms with E-state index in [0.29, 0.717) is 6.54 Å². The van der Waals surface area contributed by atoms with Gasteiger partial charge in [0.15, 0.2) is 0 Å². The number of nitrogens with one attached hydrogen (secondary N) is 1. The molecule has 1 fully saturated rings. The van der Waals surface area contributed by atoms with Gasteiger partial charge in [0.05, 0.1) is 5.25 Å². The Bertz CT molecular complexity index is 306. The molecule has 1 aliphatic heterocycles. The van der Waals surface area contributed by atoms with Crippen LogP contribution in [0.2, 0.25) is 0 Å². The molecule has 4 nitrogen and oxygen atoms in total. The SMILES string of the molecule is CNCC(C)S(=O)(=O)N1[C@H](C)CCC[C@@H]1C. The topological polar surface area (TPSA) is 49.4 Å². The van der Waals surface area contributed by atoms with E-state index in [1.165, 1.54) is 0 Å². The highest BCUT2D eigenvalue weighted by atomic mass is 32.2. The highest BCUT2D eigenvalue weighted by Gasteiger charge is 2.37. The van der Waals surface area contributed by atoms with Gasteiger partial charge in [-0.05, 0) is 40.7 Å². The first kappa shape index (κ1) is 13.9. The van der Waals surface area contributed by atoms with E-state index in [0.717, 1.165) is 19.3 Å². The zero-order valence-corrected chi connectivity index (χ0v) is 11.5. The van der Waals surface area contributed by atoms with Gasteiger partial charge in [-0.3, -0.25) is 0 Å². The van der Waals surface area contributed by atoms with Crippen molar-refractivity contribution in [3.63, 3.8) is 0 Å². The summed E-state index contributed by atoms with van der Waals surface area (Å²) in [6, 6.07) is 0.293. The molecule has 0 radical (unpaired) electrons. The maximum Gasteiger partial charge on any atom is 0.218 e. The number of sulfonamides is 1. The molecule has 0 aromatic rings. The summed E-state index contributed by atoms with van der Waals surface area (Å²) < 4.78 is 26.5. The Kier molecular flexibility index (Phi) is 4.76. The van der Waals surface area contributed by atoms with Crippen LogP contribution in [0.3, 0.4) is 0 Å². The van der Waals surface area contributed by atoms with Crippen molar-refractivity contribution in [2.75, 3.05) is 13.6 Å². The molecule has 1 aliphatic rings. The zero-order valence-electron chi connectivity index (χ0n) is 10.7. The van der Waals surface area contributed by atoms with Crippen molar-refractivity contribution in [2.45, 2.75) is 57.4 Å². The van der Waals surface area contributed by atoms with Crippen LogP contribution in [0.1, 0.15) is 40.0 Å². The number of piperidine rings is 1. The maximum atomic E-state index is 12.4. The fourth-order valence-electron chi connectivity index (χ4n) is 2.50. The third-order valence-corrected chi connectivity index (χ3v) is 5.90. The standard InChI is InChI=1S/C11H24N2O2S/c1-9-6-5-7-10(2)13(9)16(14,15)11(3)8-12-4/h9-12H,5-8H2,1-4H3/t9-,10+,11?. The molecule has 16 heavy (non-hydrogen) atoms. The minimum atomic E-state index is -3.15. The van der Waals surface area contributed by atoms with Crippen LogP contribution in [0.15, 0.2) is 0 Å². The Labute approximate surface area is 99.5 Å². The van der Waals surface area contributed by atoms with Gasteiger partial charge in [-0.25, -0.2) is 8.42 Å². The monoisotopic (exact) mass is 248 g/mol. The van der Waals surface area contributed by atoms with E-state index < -0.39 is 10.0 Å². The normalized spacial score (nSPS) is 30.2. The van der Waals surface area contributed by atoms with Gasteiger partial charge >= 0.3 is 0 Å². The van der Waals surface area contributed by atoms with E-state index in [9.17, 15) is 8.42 Å². The quantitative estimate of drug-likeness (QED) is 0.813. The predicted molar refractivity (Wildman–Crippen MR) is 66.9 cm³/mol. The van der Waals surface area contributed by atoms with Gasteiger partial charge in [0.25, 0.3) is 0 Å². The van der Waals surface area contributed by atoms with E-state index in [2.05, 4.69) is 5.32 Å². The molecule has 3 atom stereocenters. The lowest BCUT2D eigenvalue weighted by Gasteiger charge is -2.39. The van der Waals surface area contributed by atoms with Gasteiger partial charge in [-0.1, -0.05) is 6.42 Å². The van der Waals surface area contributed by atoms with Gasteiger partial charge in [0.2, 0.25) is 10.0 Å². The Morgan fingerprint density at radius 1 is 1.31 bits per heavy atom. The average Bonchev–Trinajstić information content (AvgIpc) is 2.17. The molecular formula is C11H24N2O2S. The highest BCUT2D eigenvalue weighted by Crippen LogP contribution is 2.27. The molecule has 0 amide bonds. The molecule has 0 saturated carbocycles. The predicted octanol–water partition coefficient (Wildman–Crippen LogP) is 1.19. The summed E-state index contributed by atoms with van der Waals surface area (Å²) >= 11 is 0. The van der Waals surface area contributed by atoms with E-state index >= 15 is 0 Å². The van der Waals surface area contributed by atoms with E-state index in [1.807, 2.05) is 13.8 Å². The third-order valence-electron chi connectivity index (χ3n) is 3.41. The first-order valence-corrected chi connectivity index (χ1v) is 7.58. The Balaban J connectivity index is 2.87. The van der Waals surface area contributed by atoms with Crippen molar-refractivity contribution in [1.29, 1.82) is 0 Å². The summed E-state index contributed by atoms with van der Waals surface area (Å²) in [5.74, 6) is 0. The Hall–Kier alpha value is -0.130. The molecule has 0 spiro atoms. The summed E-state index contributed by atoms with van der Waals surface area (Å²) in [6.07, 6.45) is 3.10. The van der Waals surface area contributed by atoms with Crippen LogP contribution in [0.25, 0.3) is 0 Å². The average molecular weight is 248 g/mol. The highest BCUT2D eigenvalue weighted by molar-refractivity contribution is 7.89. The molecule has 96 valence electrons. The van der Waals surface area contributed by atoms with Gasteiger partial charge < -0.3 is 5.32 Å². The minimum absolute atomic E-state index is 0.146. The number of hydrogen-bond acceptors (Lipinski definition) is 3. The lowest BCUT2D eigenvalue weighted by atomic mass is 10.0. The summed E-state index contributed by atoms with van der Waals surface area (Å²) in [7, 11) is -1.36. The van der Waals surface area contributed by atoms with E-state index in [1.54, 1.807) is 18.3 Å². The van der Waals surface area contributed by atoms with Gasteiger partial charge in [0, 0.05) is 18.6 Å². The van der Waals surface area contributed by atoms with Crippen LogP contribution in [0, 0.1) is 0 Å². The molecule has 0 aromatic heterocycles. The number of nitrogens with zero attached hydrogens (tertiary/aromatic N) is 1. The number of rotatable bonds is 4. The van der Waals surface area contributed by atoms with Crippen molar-refractivity contribution in [3.05, 3.63) is 0 Å². The third kappa shape index (κ3) is 2.76. The summed E-state index contributed by atoms with van der Waals surface area (Å²) in [6.45, 7) is 6.32. The van der Waals surface area contributed by atoms with Crippen LogP contribution in [0.4, 0.5) is 0 Å². The van der Waals surface area contributed by atoms with Crippen molar-refractivity contribution < 1.29 is 8.42 Å². The van der Waals surface area contributed by atoms with Crippen molar-refractivity contribution >= 4 is 10.0 Å². The van der Waals surface area contributed by atoms with Crippen molar-refractivity contribution in [3.8, 4) is 0 Å². The van der Waals surface area contributed by atoms with Crippen molar-refractivity contribution in [1.82, 2.24) is 9.62 Å². The maximum absolute atomic E-state index is 12.4. The fourth-order valence-corrected chi connectivity index (χ4v) is 4.51. The van der Waals surface area contributed by atoms with Gasteiger partial charge in [-0.2, -0.15) is 4.31 Å². The molecule has 0 bridgehead atoms. The summed E-state index contributed by atoms with van der Waals surface area (Å²) in [5, 5.41) is 2.59. The Morgan fingerprint density at radius 3 is 2.25 bits per heavy atom. The van der Waals surface area contributed by atoms with Crippen molar-refractivity contribution in [2.24, 2.45) is 0 Å². The van der Waals surface area contributed by atoms with E-state index in [4.69, 9.17) is 0 Å². The smallest absolute Gasteiger partial charge is 0.218 e. The Morgan fingerprint density at radius 2 is 1.81 bits per heavy atom. The molecule has 1 N–H and O–H groups in total. The molecule has 0 aromatic carbocycles. The molecular weight excluding hydrogens is 224 g/mol. The van der Waals surface area contributed by atoms with Crippen LogP contribution in [-0.2, 0) is 10.0 Å². The second-order valence-corrected chi connectivity index (χ2v) is 7.13. The van der Waals surface area contributed by atoms with Gasteiger partial charge in [-0.15, -0.1) is 0 Å². The van der Waals surface area contributed by atoms with Crippen LogP contribution >= 0.6 is 0 Å². The zero-order chi connectivity index (χ0) is 12.3. The molecule has 1 heterocycles. The molecule has 1 unspecified atom stereocenters. The first-order chi connectivity index (χ1) is 7.41. The lowest BCUT2D eigenvalue weighted by molar-refractivity contribution is 0.202. The van der Waals surface area contributed by atoms with Gasteiger partial charge in [0.1, 0.15) is 0 Å². The first-order valence-electron chi connectivity index (χ1n) is 6.08. The minimum Gasteiger partial charge on any atom is -0.318 e. The van der Waals surface area contributed by atoms with Crippen LogP contribution in [0.5, 0.6) is 0 Å². The largest absolute Gasteiger partial charge is 0.318 e.